The number of fused-ring (bicyclic) bond motifs is 1. The normalized spacial score (nSPS) is 12.9. The average Bonchev–Trinajstić information content (AvgIpc) is 2.60. The molecule has 4 N–H and O–H groups in total. The minimum Gasteiger partial charge on any atom is -0.478 e. The van der Waals surface area contributed by atoms with Gasteiger partial charge in [-0.15, -0.1) is 0 Å². The van der Waals surface area contributed by atoms with E-state index in [9.17, 15) is 9.59 Å². The van der Waals surface area contributed by atoms with Crippen molar-refractivity contribution >= 4 is 44.9 Å². The van der Waals surface area contributed by atoms with Crippen LogP contribution < -0.4 is 10.6 Å². The Hall–Kier alpha value is -2.80. The van der Waals surface area contributed by atoms with E-state index in [1.807, 2.05) is 18.2 Å². The van der Waals surface area contributed by atoms with Gasteiger partial charge in [0, 0.05) is 28.9 Å². The summed E-state index contributed by atoms with van der Waals surface area (Å²) < 4.78 is 1.14. The van der Waals surface area contributed by atoms with Crippen molar-refractivity contribution in [2.24, 2.45) is 0 Å². The van der Waals surface area contributed by atoms with Crippen LogP contribution in [0.5, 0.6) is 0 Å². The van der Waals surface area contributed by atoms with E-state index in [0.29, 0.717) is 12.2 Å². The highest BCUT2D eigenvalue weighted by atomic mass is 79.9. The van der Waals surface area contributed by atoms with Gasteiger partial charge in [-0.1, -0.05) is 28.1 Å². The number of aryl methyl sites for hydroxylation is 1. The van der Waals surface area contributed by atoms with Crippen LogP contribution in [0.4, 0.5) is 17.1 Å². The summed E-state index contributed by atoms with van der Waals surface area (Å²) in [7, 11) is 0. The Balaban J connectivity index is 0.000000260. The lowest BCUT2D eigenvalue weighted by Gasteiger charge is -2.32. The first-order chi connectivity index (χ1) is 12.4. The predicted octanol–water partition coefficient (Wildman–Crippen LogP) is 3.83. The van der Waals surface area contributed by atoms with Gasteiger partial charge in [0.2, 0.25) is 0 Å². The lowest BCUT2D eigenvalue weighted by Crippen LogP contribution is -2.25. The van der Waals surface area contributed by atoms with Gasteiger partial charge in [-0.05, 0) is 48.7 Å². The van der Waals surface area contributed by atoms with E-state index in [2.05, 4.69) is 45.1 Å². The van der Waals surface area contributed by atoms with Crippen LogP contribution >= 0.6 is 15.9 Å². The summed E-state index contributed by atoms with van der Waals surface area (Å²) in [6, 6.07) is 14.5. The van der Waals surface area contributed by atoms with Crippen LogP contribution in [0.15, 0.2) is 59.1 Å². The number of rotatable bonds is 3. The minimum absolute atomic E-state index is 0.558. The smallest absolute Gasteiger partial charge is 0.328 e. The molecule has 2 aromatic carbocycles. The second-order valence-electron chi connectivity index (χ2n) is 5.60. The highest BCUT2D eigenvalue weighted by molar-refractivity contribution is 9.10. The summed E-state index contributed by atoms with van der Waals surface area (Å²) in [5.41, 5.74) is 10.7. The molecule has 1 aliphatic heterocycles. The third kappa shape index (κ3) is 5.35. The summed E-state index contributed by atoms with van der Waals surface area (Å²) in [6.07, 6.45) is 3.42. The van der Waals surface area contributed by atoms with E-state index in [4.69, 9.17) is 15.9 Å². The first-order valence-electron chi connectivity index (χ1n) is 7.93. The molecule has 1 heterocycles. The third-order valence-electron chi connectivity index (χ3n) is 3.76. The standard InChI is InChI=1S/C15H15BrN2.C4H4O4/c16-12-7-8-14-11(10-12)4-3-9-18(14)15-6-2-1-5-13(15)17;5-3(6)1-2-4(7)8/h1-2,5-8,10H,3-4,9,17H2;1-2H,(H,5,6)(H,7,8)/b;2-1-. The monoisotopic (exact) mass is 418 g/mol. The van der Waals surface area contributed by atoms with Gasteiger partial charge in [-0.3, -0.25) is 0 Å². The molecule has 7 heteroatoms. The van der Waals surface area contributed by atoms with E-state index < -0.39 is 11.9 Å². The van der Waals surface area contributed by atoms with Gasteiger partial charge in [-0.2, -0.15) is 0 Å². The Morgan fingerprint density at radius 1 is 1.04 bits per heavy atom. The van der Waals surface area contributed by atoms with Gasteiger partial charge in [0.25, 0.3) is 0 Å². The average molecular weight is 419 g/mol. The maximum absolute atomic E-state index is 9.55. The van der Waals surface area contributed by atoms with E-state index >= 15 is 0 Å². The number of benzene rings is 2. The molecule has 136 valence electrons. The van der Waals surface area contributed by atoms with E-state index in [0.717, 1.165) is 35.2 Å². The molecular formula is C19H19BrN2O4. The van der Waals surface area contributed by atoms with Crippen molar-refractivity contribution in [1.29, 1.82) is 0 Å². The zero-order valence-corrected chi connectivity index (χ0v) is 15.5. The van der Waals surface area contributed by atoms with Gasteiger partial charge in [-0.25, -0.2) is 9.59 Å². The van der Waals surface area contributed by atoms with Crippen molar-refractivity contribution < 1.29 is 19.8 Å². The number of nitrogen functional groups attached to an aromatic ring is 1. The Morgan fingerprint density at radius 2 is 1.69 bits per heavy atom. The molecule has 0 atom stereocenters. The molecule has 0 aromatic heterocycles. The summed E-state index contributed by atoms with van der Waals surface area (Å²) in [6.45, 7) is 1.03. The lowest BCUT2D eigenvalue weighted by molar-refractivity contribution is -0.134. The molecule has 0 radical (unpaired) electrons. The van der Waals surface area contributed by atoms with Gasteiger partial charge in [0.15, 0.2) is 0 Å². The van der Waals surface area contributed by atoms with Crippen LogP contribution in [0.3, 0.4) is 0 Å². The zero-order valence-electron chi connectivity index (χ0n) is 13.9. The fourth-order valence-electron chi connectivity index (χ4n) is 2.69. The number of halogens is 1. The highest BCUT2D eigenvalue weighted by Crippen LogP contribution is 2.37. The molecule has 0 amide bonds. The van der Waals surface area contributed by atoms with Crippen molar-refractivity contribution in [2.75, 3.05) is 17.2 Å². The first kappa shape index (κ1) is 19.5. The van der Waals surface area contributed by atoms with Crippen LogP contribution in [0.1, 0.15) is 12.0 Å². The molecule has 0 saturated carbocycles. The molecule has 0 bridgehead atoms. The molecule has 0 saturated heterocycles. The van der Waals surface area contributed by atoms with Gasteiger partial charge in [0.1, 0.15) is 0 Å². The number of carbonyl (C=O) groups is 2. The molecule has 1 aliphatic rings. The van der Waals surface area contributed by atoms with Crippen LogP contribution in [0.2, 0.25) is 0 Å². The van der Waals surface area contributed by atoms with Crippen LogP contribution in [-0.2, 0) is 16.0 Å². The quantitative estimate of drug-likeness (QED) is 0.516. The number of aliphatic carboxylic acids is 2. The number of nitrogens with two attached hydrogens (primary N) is 1. The van der Waals surface area contributed by atoms with E-state index in [1.54, 1.807) is 0 Å². The topological polar surface area (TPSA) is 104 Å². The van der Waals surface area contributed by atoms with Gasteiger partial charge < -0.3 is 20.8 Å². The second-order valence-corrected chi connectivity index (χ2v) is 6.51. The number of nitrogens with zero attached hydrogens (tertiary/aromatic N) is 1. The fourth-order valence-corrected chi connectivity index (χ4v) is 3.10. The number of para-hydroxylation sites is 2. The summed E-state index contributed by atoms with van der Waals surface area (Å²) >= 11 is 3.54. The van der Waals surface area contributed by atoms with Crippen molar-refractivity contribution in [1.82, 2.24) is 0 Å². The van der Waals surface area contributed by atoms with Crippen molar-refractivity contribution in [3.63, 3.8) is 0 Å². The van der Waals surface area contributed by atoms with Crippen molar-refractivity contribution in [3.05, 3.63) is 64.7 Å². The molecular weight excluding hydrogens is 400 g/mol. The fraction of sp³-hybridized carbons (Fsp3) is 0.158. The Labute approximate surface area is 159 Å². The second kappa shape index (κ2) is 9.05. The molecule has 0 aliphatic carbocycles. The number of anilines is 3. The molecule has 0 spiro atoms. The number of hydrogen-bond donors (Lipinski definition) is 3. The number of carboxylic acid groups (broad SMARTS) is 2. The molecule has 6 nitrogen and oxygen atoms in total. The van der Waals surface area contributed by atoms with Gasteiger partial charge in [0.05, 0.1) is 11.4 Å². The third-order valence-corrected chi connectivity index (χ3v) is 4.25. The summed E-state index contributed by atoms with van der Waals surface area (Å²) in [4.78, 5) is 21.4. The number of hydrogen-bond acceptors (Lipinski definition) is 4. The minimum atomic E-state index is -1.26. The van der Waals surface area contributed by atoms with Crippen molar-refractivity contribution in [2.45, 2.75) is 12.8 Å². The van der Waals surface area contributed by atoms with Gasteiger partial charge >= 0.3 is 11.9 Å². The van der Waals surface area contributed by atoms with Crippen LogP contribution in [-0.4, -0.2) is 28.7 Å². The highest BCUT2D eigenvalue weighted by Gasteiger charge is 2.19. The molecule has 2 aromatic rings. The largest absolute Gasteiger partial charge is 0.478 e. The molecule has 0 unspecified atom stereocenters. The SMILES string of the molecule is Nc1ccccc1N1CCCc2cc(Br)ccc21.O=C(O)/C=C\C(=O)O. The zero-order chi connectivity index (χ0) is 19.1. The lowest BCUT2D eigenvalue weighted by atomic mass is 10.0. The Morgan fingerprint density at radius 3 is 2.31 bits per heavy atom. The number of carboxylic acids is 2. The van der Waals surface area contributed by atoms with E-state index in [1.165, 1.54) is 11.3 Å². The molecule has 26 heavy (non-hydrogen) atoms. The van der Waals surface area contributed by atoms with Crippen LogP contribution in [0.25, 0.3) is 0 Å². The molecule has 3 rings (SSSR count). The molecule has 0 fully saturated rings. The predicted molar refractivity (Wildman–Crippen MR) is 105 cm³/mol. The Kier molecular flexibility index (Phi) is 6.80. The van der Waals surface area contributed by atoms with E-state index in [-0.39, 0.29) is 0 Å². The Bertz CT molecular complexity index is 820. The summed E-state index contributed by atoms with van der Waals surface area (Å²) in [5.74, 6) is -2.51. The van der Waals surface area contributed by atoms with Crippen LogP contribution in [0, 0.1) is 0 Å². The summed E-state index contributed by atoms with van der Waals surface area (Å²) in [5, 5.41) is 15.6. The first-order valence-corrected chi connectivity index (χ1v) is 8.72. The maximum Gasteiger partial charge on any atom is 0.328 e. The maximum atomic E-state index is 9.55. The van der Waals surface area contributed by atoms with Crippen molar-refractivity contribution in [3.8, 4) is 0 Å².